The summed E-state index contributed by atoms with van der Waals surface area (Å²) in [5.74, 6) is 1.21. The average molecular weight is 354 g/mol. The maximum Gasteiger partial charge on any atom is 0.123 e. The molecule has 138 valence electrons. The third kappa shape index (κ3) is 4.43. The summed E-state index contributed by atoms with van der Waals surface area (Å²) in [4.78, 5) is 0. The molecule has 0 aliphatic heterocycles. The minimum absolute atomic E-state index is 0.228. The molecule has 4 rings (SSSR count). The molecule has 0 heterocycles. The molecule has 2 aliphatic rings. The molecule has 4 heteroatoms. The second-order valence-electron chi connectivity index (χ2n) is 7.71. The summed E-state index contributed by atoms with van der Waals surface area (Å²) >= 11 is 0. The summed E-state index contributed by atoms with van der Waals surface area (Å²) in [5.41, 5.74) is 8.20. The van der Waals surface area contributed by atoms with E-state index in [0.29, 0.717) is 30.7 Å². The topological polar surface area (TPSA) is 47.3 Å². The van der Waals surface area contributed by atoms with Gasteiger partial charge in [-0.05, 0) is 67.5 Å². The van der Waals surface area contributed by atoms with Crippen LogP contribution >= 0.6 is 0 Å². The van der Waals surface area contributed by atoms with Crippen LogP contribution in [0, 0.1) is 5.82 Å². The smallest absolute Gasteiger partial charge is 0.123 e. The van der Waals surface area contributed by atoms with Gasteiger partial charge in [0.05, 0.1) is 0 Å². The first kappa shape index (κ1) is 17.5. The van der Waals surface area contributed by atoms with Crippen LogP contribution in [0.1, 0.15) is 49.1 Å². The number of halogens is 1. The fourth-order valence-corrected chi connectivity index (χ4v) is 3.94. The highest BCUT2D eigenvalue weighted by molar-refractivity contribution is 5.34. The summed E-state index contributed by atoms with van der Waals surface area (Å²) in [5, 5.41) is 3.81. The number of hydrogen-bond donors (Lipinski definition) is 2. The van der Waals surface area contributed by atoms with Crippen LogP contribution in [0.3, 0.4) is 0 Å². The van der Waals surface area contributed by atoms with E-state index in [9.17, 15) is 4.39 Å². The molecule has 0 saturated heterocycles. The van der Waals surface area contributed by atoms with Crippen molar-refractivity contribution in [3.63, 3.8) is 0 Å². The zero-order valence-electron chi connectivity index (χ0n) is 15.0. The monoisotopic (exact) mass is 354 g/mol. The first-order valence-corrected chi connectivity index (χ1v) is 9.66. The molecule has 0 unspecified atom stereocenters. The van der Waals surface area contributed by atoms with E-state index in [4.69, 9.17) is 10.5 Å². The number of nitrogens with one attached hydrogen (secondary N) is 1. The van der Waals surface area contributed by atoms with E-state index in [1.807, 2.05) is 18.2 Å². The Labute approximate surface area is 154 Å². The van der Waals surface area contributed by atoms with Crippen LogP contribution in [0.5, 0.6) is 5.75 Å². The molecule has 0 spiro atoms. The van der Waals surface area contributed by atoms with Crippen molar-refractivity contribution < 1.29 is 9.13 Å². The number of benzene rings is 2. The molecule has 2 aromatic rings. The van der Waals surface area contributed by atoms with E-state index in [-0.39, 0.29) is 5.82 Å². The molecule has 2 aliphatic carbocycles. The van der Waals surface area contributed by atoms with Crippen molar-refractivity contribution >= 4 is 0 Å². The number of rotatable bonds is 6. The van der Waals surface area contributed by atoms with E-state index in [1.54, 1.807) is 6.07 Å². The lowest BCUT2D eigenvalue weighted by Crippen LogP contribution is -2.38. The van der Waals surface area contributed by atoms with Gasteiger partial charge in [0.2, 0.25) is 0 Å². The van der Waals surface area contributed by atoms with Gasteiger partial charge in [-0.2, -0.15) is 0 Å². The van der Waals surface area contributed by atoms with Gasteiger partial charge in [0.25, 0.3) is 0 Å². The van der Waals surface area contributed by atoms with Gasteiger partial charge in [0.15, 0.2) is 0 Å². The summed E-state index contributed by atoms with van der Waals surface area (Å²) in [7, 11) is 0. The van der Waals surface area contributed by atoms with Crippen LogP contribution in [-0.4, -0.2) is 18.1 Å². The van der Waals surface area contributed by atoms with Crippen molar-refractivity contribution in [3.8, 4) is 5.75 Å². The molecule has 0 radical (unpaired) electrons. The van der Waals surface area contributed by atoms with E-state index in [1.165, 1.54) is 37.0 Å². The van der Waals surface area contributed by atoms with Gasteiger partial charge in [-0.25, -0.2) is 4.39 Å². The van der Waals surface area contributed by atoms with Crippen molar-refractivity contribution in [1.82, 2.24) is 5.32 Å². The quantitative estimate of drug-likeness (QED) is 0.820. The van der Waals surface area contributed by atoms with Gasteiger partial charge >= 0.3 is 0 Å². The van der Waals surface area contributed by atoms with Gasteiger partial charge < -0.3 is 15.8 Å². The number of nitrogens with two attached hydrogens (primary N) is 1. The maximum absolute atomic E-state index is 13.2. The van der Waals surface area contributed by atoms with Crippen molar-refractivity contribution in [2.24, 2.45) is 5.73 Å². The first-order chi connectivity index (χ1) is 12.7. The van der Waals surface area contributed by atoms with Crippen LogP contribution in [0.2, 0.25) is 0 Å². The molecule has 2 aromatic carbocycles. The fourth-order valence-electron chi connectivity index (χ4n) is 3.94. The Morgan fingerprint density at radius 2 is 1.81 bits per heavy atom. The lowest BCUT2D eigenvalue weighted by atomic mass is 9.92. The highest BCUT2D eigenvalue weighted by atomic mass is 19.1. The van der Waals surface area contributed by atoms with Crippen molar-refractivity contribution in [3.05, 3.63) is 65.5 Å². The lowest BCUT2D eigenvalue weighted by molar-refractivity contribution is 0.305. The largest absolute Gasteiger partial charge is 0.489 e. The zero-order valence-corrected chi connectivity index (χ0v) is 15.0. The lowest BCUT2D eigenvalue weighted by Gasteiger charge is -2.27. The highest BCUT2D eigenvalue weighted by Gasteiger charge is 2.39. The number of hydrogen-bond acceptors (Lipinski definition) is 3. The fraction of sp³-hybridized carbons (Fsp3) is 0.455. The standard InChI is InChI=1S/C22H27FN2O/c23-17-3-1-2-15(12-17)14-26-20-10-4-16(5-11-20)21-13-22(21)25-19-8-6-18(24)7-9-19/h1-5,10-12,18-19,21-22,25H,6-9,13-14,24H2/t18?,19?,21-,22+/m1/s1. The Balaban J connectivity index is 1.26. The molecule has 0 bridgehead atoms. The molecule has 0 aromatic heterocycles. The van der Waals surface area contributed by atoms with Gasteiger partial charge in [-0.15, -0.1) is 0 Å². The minimum Gasteiger partial charge on any atom is -0.489 e. The van der Waals surface area contributed by atoms with E-state index in [0.717, 1.165) is 24.2 Å². The van der Waals surface area contributed by atoms with Crippen LogP contribution < -0.4 is 15.8 Å². The Bertz CT molecular complexity index is 725. The summed E-state index contributed by atoms with van der Waals surface area (Å²) in [6.45, 7) is 0.383. The van der Waals surface area contributed by atoms with E-state index >= 15 is 0 Å². The van der Waals surface area contributed by atoms with Crippen molar-refractivity contribution in [2.45, 2.75) is 62.8 Å². The zero-order chi connectivity index (χ0) is 17.9. The van der Waals surface area contributed by atoms with Crippen LogP contribution in [-0.2, 0) is 6.61 Å². The predicted molar refractivity (Wildman–Crippen MR) is 102 cm³/mol. The third-order valence-electron chi connectivity index (χ3n) is 5.61. The molecule has 2 saturated carbocycles. The van der Waals surface area contributed by atoms with Gasteiger partial charge in [-0.1, -0.05) is 24.3 Å². The van der Waals surface area contributed by atoms with Gasteiger partial charge in [0.1, 0.15) is 18.2 Å². The Kier molecular flexibility index (Phi) is 5.23. The van der Waals surface area contributed by atoms with Gasteiger partial charge in [0, 0.05) is 24.0 Å². The Hall–Kier alpha value is -1.91. The molecule has 2 atom stereocenters. The second-order valence-corrected chi connectivity index (χ2v) is 7.71. The molecule has 2 fully saturated rings. The van der Waals surface area contributed by atoms with Crippen molar-refractivity contribution in [1.29, 1.82) is 0 Å². The van der Waals surface area contributed by atoms with E-state index < -0.39 is 0 Å². The summed E-state index contributed by atoms with van der Waals surface area (Å²) in [6, 6.07) is 16.5. The van der Waals surface area contributed by atoms with Gasteiger partial charge in [-0.3, -0.25) is 0 Å². The maximum atomic E-state index is 13.2. The molecule has 26 heavy (non-hydrogen) atoms. The molecular formula is C22H27FN2O. The molecule has 3 N–H and O–H groups in total. The predicted octanol–water partition coefficient (Wildman–Crippen LogP) is 4.12. The van der Waals surface area contributed by atoms with Crippen LogP contribution in [0.15, 0.2) is 48.5 Å². The minimum atomic E-state index is -0.228. The molecule has 0 amide bonds. The molecule has 3 nitrogen and oxygen atoms in total. The Morgan fingerprint density at radius 1 is 1.04 bits per heavy atom. The highest BCUT2D eigenvalue weighted by Crippen LogP contribution is 2.42. The summed E-state index contributed by atoms with van der Waals surface area (Å²) < 4.78 is 19.0. The first-order valence-electron chi connectivity index (χ1n) is 9.66. The third-order valence-corrected chi connectivity index (χ3v) is 5.61. The van der Waals surface area contributed by atoms with E-state index in [2.05, 4.69) is 17.4 Å². The number of ether oxygens (including phenoxy) is 1. The van der Waals surface area contributed by atoms with Crippen LogP contribution in [0.25, 0.3) is 0 Å². The normalized spacial score (nSPS) is 27.9. The van der Waals surface area contributed by atoms with Crippen molar-refractivity contribution in [2.75, 3.05) is 0 Å². The second kappa shape index (κ2) is 7.77. The summed E-state index contributed by atoms with van der Waals surface area (Å²) in [6.07, 6.45) is 5.92. The Morgan fingerprint density at radius 3 is 2.54 bits per heavy atom. The SMILES string of the molecule is NC1CCC(N[C@H]2C[C@@H]2c2ccc(OCc3cccc(F)c3)cc2)CC1. The van der Waals surface area contributed by atoms with Crippen LogP contribution in [0.4, 0.5) is 4.39 Å². The molecular weight excluding hydrogens is 327 g/mol. The average Bonchev–Trinajstić information content (AvgIpc) is 3.42.